The van der Waals surface area contributed by atoms with Crippen molar-refractivity contribution in [3.63, 3.8) is 0 Å². The number of phenols is 1. The van der Waals surface area contributed by atoms with Crippen molar-refractivity contribution in [1.82, 2.24) is 4.72 Å². The zero-order chi connectivity index (χ0) is 15.0. The van der Waals surface area contributed by atoms with E-state index in [0.29, 0.717) is 12.0 Å². The van der Waals surface area contributed by atoms with E-state index in [-0.39, 0.29) is 10.6 Å². The minimum Gasteiger partial charge on any atom is -0.508 e. The van der Waals surface area contributed by atoms with Crippen LogP contribution in [0.5, 0.6) is 5.75 Å². The molecule has 1 aliphatic heterocycles. The minimum absolute atomic E-state index is 0.124. The van der Waals surface area contributed by atoms with Gasteiger partial charge in [0.25, 0.3) is 0 Å². The average molecular weight is 305 g/mol. The minimum atomic E-state index is -3.61. The van der Waals surface area contributed by atoms with Crippen LogP contribution in [0.2, 0.25) is 0 Å². The molecule has 2 aromatic carbocycles. The second kappa shape index (κ2) is 5.14. The Morgan fingerprint density at radius 3 is 2.43 bits per heavy atom. The van der Waals surface area contributed by atoms with Gasteiger partial charge in [-0.2, -0.15) is 0 Å². The normalized spacial score (nSPS) is 23.5. The van der Waals surface area contributed by atoms with Crippen LogP contribution < -0.4 is 4.72 Å². The maximum Gasteiger partial charge on any atom is 0.241 e. The monoisotopic (exact) mass is 305 g/mol. The summed E-state index contributed by atoms with van der Waals surface area (Å²) >= 11 is 0. The van der Waals surface area contributed by atoms with Gasteiger partial charge in [-0.05, 0) is 30.2 Å². The van der Waals surface area contributed by atoms with Crippen LogP contribution in [0.1, 0.15) is 17.2 Å². The fourth-order valence-electron chi connectivity index (χ4n) is 2.55. The molecule has 0 amide bonds. The van der Waals surface area contributed by atoms with Crippen molar-refractivity contribution in [2.45, 2.75) is 23.5 Å². The van der Waals surface area contributed by atoms with Crippen molar-refractivity contribution in [3.05, 3.63) is 59.7 Å². The number of nitrogens with one attached hydrogen (secondary N) is 1. The number of sulfonamides is 1. The summed E-state index contributed by atoms with van der Waals surface area (Å²) in [6.45, 7) is 0. The first-order chi connectivity index (χ1) is 9.97. The molecule has 0 spiro atoms. The number of rotatable bonds is 2. The molecule has 0 fully saturated rings. The molecule has 3 N–H and O–H groups in total. The quantitative estimate of drug-likeness (QED) is 0.781. The molecule has 0 saturated carbocycles. The van der Waals surface area contributed by atoms with E-state index in [2.05, 4.69) is 4.72 Å². The zero-order valence-corrected chi connectivity index (χ0v) is 11.9. The number of hydrogen-bond donors (Lipinski definition) is 3. The van der Waals surface area contributed by atoms with Gasteiger partial charge < -0.3 is 10.2 Å². The summed E-state index contributed by atoms with van der Waals surface area (Å²) in [4.78, 5) is 0.124. The van der Waals surface area contributed by atoms with Crippen molar-refractivity contribution >= 4 is 10.0 Å². The molecule has 0 aromatic heterocycles. The highest BCUT2D eigenvalue weighted by molar-refractivity contribution is 7.89. The molecule has 0 bridgehead atoms. The molecule has 5 nitrogen and oxygen atoms in total. The fraction of sp³-hybridized carbons (Fsp3) is 0.200. The van der Waals surface area contributed by atoms with Crippen LogP contribution in [0, 0.1) is 0 Å². The number of phenolic OH excluding ortho intramolecular Hbond substituents is 1. The van der Waals surface area contributed by atoms with E-state index < -0.39 is 22.2 Å². The Balaban J connectivity index is 1.94. The Hall–Kier alpha value is -1.89. The molecule has 2 aromatic rings. The third kappa shape index (κ3) is 2.65. The molecule has 2 atom stereocenters. The van der Waals surface area contributed by atoms with E-state index >= 15 is 0 Å². The zero-order valence-electron chi connectivity index (χ0n) is 11.1. The van der Waals surface area contributed by atoms with Crippen molar-refractivity contribution in [3.8, 4) is 5.75 Å². The van der Waals surface area contributed by atoms with E-state index in [0.717, 1.165) is 5.56 Å². The van der Waals surface area contributed by atoms with Gasteiger partial charge in [0.15, 0.2) is 0 Å². The first-order valence-corrected chi connectivity index (χ1v) is 8.03. The maximum absolute atomic E-state index is 12.2. The van der Waals surface area contributed by atoms with Crippen LogP contribution in [0.4, 0.5) is 0 Å². The molecular weight excluding hydrogens is 290 g/mol. The summed E-state index contributed by atoms with van der Waals surface area (Å²) < 4.78 is 26.9. The lowest BCUT2D eigenvalue weighted by molar-refractivity contribution is 0.131. The van der Waals surface area contributed by atoms with Crippen LogP contribution in [0.25, 0.3) is 0 Å². The molecule has 1 aliphatic rings. The number of aliphatic hydroxyl groups is 1. The summed E-state index contributed by atoms with van der Waals surface area (Å²) in [5.41, 5.74) is 1.25. The van der Waals surface area contributed by atoms with Gasteiger partial charge in [-0.15, -0.1) is 0 Å². The van der Waals surface area contributed by atoms with E-state index in [1.807, 2.05) is 0 Å². The predicted molar refractivity (Wildman–Crippen MR) is 77.3 cm³/mol. The van der Waals surface area contributed by atoms with E-state index in [9.17, 15) is 18.6 Å². The number of hydrogen-bond acceptors (Lipinski definition) is 4. The molecule has 0 radical (unpaired) electrons. The number of aliphatic hydroxyl groups excluding tert-OH is 1. The highest BCUT2D eigenvalue weighted by Gasteiger charge is 2.35. The molecule has 21 heavy (non-hydrogen) atoms. The number of aromatic hydroxyl groups is 1. The van der Waals surface area contributed by atoms with Crippen molar-refractivity contribution in [2.75, 3.05) is 0 Å². The van der Waals surface area contributed by atoms with Gasteiger partial charge in [-0.25, -0.2) is 13.1 Å². The molecule has 1 heterocycles. The summed E-state index contributed by atoms with van der Waals surface area (Å²) in [5.74, 6) is 0.147. The molecule has 6 heteroatoms. The van der Waals surface area contributed by atoms with E-state index in [4.69, 9.17) is 0 Å². The molecule has 110 valence electrons. The van der Waals surface area contributed by atoms with E-state index in [1.54, 1.807) is 30.3 Å². The highest BCUT2D eigenvalue weighted by Crippen LogP contribution is 2.31. The third-order valence-corrected chi connectivity index (χ3v) is 5.17. The van der Waals surface area contributed by atoms with Gasteiger partial charge in [0.2, 0.25) is 10.0 Å². The molecule has 0 unspecified atom stereocenters. The van der Waals surface area contributed by atoms with Gasteiger partial charge >= 0.3 is 0 Å². The Morgan fingerprint density at radius 2 is 1.71 bits per heavy atom. The molecule has 0 aliphatic carbocycles. The van der Waals surface area contributed by atoms with Crippen LogP contribution in [-0.2, 0) is 16.4 Å². The Labute approximate surface area is 122 Å². The molecule has 0 saturated heterocycles. The Bertz CT molecular complexity index is 755. The number of fused-ring (bicyclic) bond motifs is 1. The smallest absolute Gasteiger partial charge is 0.241 e. The molecule has 3 rings (SSSR count). The predicted octanol–water partition coefficient (Wildman–Crippen LogP) is 1.33. The highest BCUT2D eigenvalue weighted by atomic mass is 32.2. The Morgan fingerprint density at radius 1 is 1.05 bits per heavy atom. The van der Waals surface area contributed by atoms with Crippen LogP contribution in [0.3, 0.4) is 0 Å². The lowest BCUT2D eigenvalue weighted by atomic mass is 9.96. The molecular formula is C15H15NO4S. The van der Waals surface area contributed by atoms with Crippen LogP contribution >= 0.6 is 0 Å². The summed E-state index contributed by atoms with van der Waals surface area (Å²) in [6.07, 6.45) is -0.562. The van der Waals surface area contributed by atoms with Crippen LogP contribution in [0.15, 0.2) is 53.4 Å². The van der Waals surface area contributed by atoms with Gasteiger partial charge in [0.05, 0.1) is 17.0 Å². The SMILES string of the molecule is O=S1(=O)N[C@@H](Cc2ccc(O)cc2)[C@@H](O)c2ccccc21. The van der Waals surface area contributed by atoms with Crippen molar-refractivity contribution < 1.29 is 18.6 Å². The van der Waals surface area contributed by atoms with Gasteiger partial charge in [-0.3, -0.25) is 0 Å². The lowest BCUT2D eigenvalue weighted by Crippen LogP contribution is -2.45. The van der Waals surface area contributed by atoms with Gasteiger partial charge in [0.1, 0.15) is 5.75 Å². The first kappa shape index (κ1) is 14.1. The maximum atomic E-state index is 12.2. The van der Waals surface area contributed by atoms with Gasteiger partial charge in [-0.1, -0.05) is 30.3 Å². The fourth-order valence-corrected chi connectivity index (χ4v) is 4.05. The standard InChI is InChI=1S/C15H15NO4S/c17-11-7-5-10(6-8-11)9-13-15(18)12-3-1-2-4-14(12)21(19,20)16-13/h1-8,13,15-18H,9H2/t13-,15-/m0/s1. The third-order valence-electron chi connectivity index (χ3n) is 3.61. The van der Waals surface area contributed by atoms with E-state index in [1.165, 1.54) is 18.2 Å². The van der Waals surface area contributed by atoms with Crippen molar-refractivity contribution in [2.24, 2.45) is 0 Å². The van der Waals surface area contributed by atoms with Crippen LogP contribution in [-0.4, -0.2) is 24.7 Å². The van der Waals surface area contributed by atoms with Crippen molar-refractivity contribution in [1.29, 1.82) is 0 Å². The summed E-state index contributed by atoms with van der Waals surface area (Å²) in [6, 6.07) is 12.3. The largest absolute Gasteiger partial charge is 0.508 e. The second-order valence-electron chi connectivity index (χ2n) is 5.08. The summed E-state index contributed by atoms with van der Waals surface area (Å²) in [7, 11) is -3.61. The topological polar surface area (TPSA) is 86.6 Å². The Kier molecular flexibility index (Phi) is 3.44. The number of benzene rings is 2. The second-order valence-corrected chi connectivity index (χ2v) is 6.76. The van der Waals surface area contributed by atoms with Gasteiger partial charge in [0, 0.05) is 5.56 Å². The lowest BCUT2D eigenvalue weighted by Gasteiger charge is -2.30. The average Bonchev–Trinajstić information content (AvgIpc) is 2.47. The first-order valence-electron chi connectivity index (χ1n) is 6.54. The summed E-state index contributed by atoms with van der Waals surface area (Å²) in [5, 5.41) is 19.7.